The van der Waals surface area contributed by atoms with Crippen molar-refractivity contribution in [2.45, 2.75) is 224 Å². The molecule has 0 aromatic carbocycles. The molecule has 1 saturated heterocycles. The molecule has 0 saturated carbocycles. The molecule has 2 aliphatic heterocycles. The number of aliphatic hydroxyl groups excluding tert-OH is 3. The molecule has 2 rings (SSSR count). The second-order valence-corrected chi connectivity index (χ2v) is 14.4. The second-order valence-electron chi connectivity index (χ2n) is 14.4. The summed E-state index contributed by atoms with van der Waals surface area (Å²) >= 11 is 0. The summed E-state index contributed by atoms with van der Waals surface area (Å²) in [5.41, 5.74) is 0.575. The summed E-state index contributed by atoms with van der Waals surface area (Å²) in [5, 5.41) is 31.8. The highest BCUT2D eigenvalue weighted by atomic mass is 16.6. The number of ether oxygens (including phenoxy) is 3. The molecule has 3 N–H and O–H groups in total. The third-order valence-electron chi connectivity index (χ3n) is 9.92. The highest BCUT2D eigenvalue weighted by Gasteiger charge is 2.34. The largest absolute Gasteiger partial charge is 0.462 e. The predicted octanol–water partition coefficient (Wildman–Crippen LogP) is 8.41. The van der Waals surface area contributed by atoms with Crippen LogP contribution in [0.15, 0.2) is 11.6 Å². The van der Waals surface area contributed by atoms with E-state index in [1.54, 1.807) is 6.08 Å². The van der Waals surface area contributed by atoms with Crippen molar-refractivity contribution in [2.75, 3.05) is 0 Å². The van der Waals surface area contributed by atoms with Gasteiger partial charge in [0.2, 0.25) is 0 Å². The maximum absolute atomic E-state index is 11.9. The normalized spacial score (nSPS) is 22.1. The Bertz CT molecular complexity index is 860. The van der Waals surface area contributed by atoms with E-state index in [9.17, 15) is 24.9 Å². The van der Waals surface area contributed by atoms with Gasteiger partial charge in [-0.1, -0.05) is 110 Å². The van der Waals surface area contributed by atoms with Crippen molar-refractivity contribution in [3.05, 3.63) is 11.6 Å². The molecular formula is C39H70O8. The van der Waals surface area contributed by atoms with Crippen LogP contribution in [-0.2, 0) is 23.8 Å². The lowest BCUT2D eigenvalue weighted by atomic mass is 9.99. The molecular weight excluding hydrogens is 596 g/mol. The summed E-state index contributed by atoms with van der Waals surface area (Å²) in [6.07, 6.45) is 25.1. The number of carbonyl (C=O) groups excluding carboxylic acids is 2. The van der Waals surface area contributed by atoms with Crippen LogP contribution in [0, 0.1) is 0 Å². The number of cyclic esters (lactones) is 1. The predicted molar refractivity (Wildman–Crippen MR) is 187 cm³/mol. The Morgan fingerprint density at radius 3 is 1.70 bits per heavy atom. The maximum atomic E-state index is 11.9. The van der Waals surface area contributed by atoms with Gasteiger partial charge in [0.05, 0.1) is 30.5 Å². The quantitative estimate of drug-likeness (QED) is 0.0537. The van der Waals surface area contributed by atoms with Crippen LogP contribution in [0.3, 0.4) is 0 Å². The lowest BCUT2D eigenvalue weighted by molar-refractivity contribution is -0.148. The summed E-state index contributed by atoms with van der Waals surface area (Å²) < 4.78 is 16.7. The molecule has 2 aliphatic rings. The SMILES string of the molecule is CCCCCCCCCCCCCCC(O)C1CCC(C(O)CCCCC(O)CCCCCC(CC2=CC(C)OC2=O)OC(C)=O)O1. The Morgan fingerprint density at radius 1 is 0.745 bits per heavy atom. The monoisotopic (exact) mass is 667 g/mol. The molecule has 7 unspecified atom stereocenters. The molecule has 0 bridgehead atoms. The van der Waals surface area contributed by atoms with Crippen molar-refractivity contribution >= 4 is 11.9 Å². The average Bonchev–Trinajstić information content (AvgIpc) is 3.65. The van der Waals surface area contributed by atoms with Crippen LogP contribution < -0.4 is 0 Å². The van der Waals surface area contributed by atoms with Gasteiger partial charge < -0.3 is 29.5 Å². The van der Waals surface area contributed by atoms with Gasteiger partial charge in [-0.2, -0.15) is 0 Å². The van der Waals surface area contributed by atoms with Crippen LogP contribution in [0.25, 0.3) is 0 Å². The first-order chi connectivity index (χ1) is 22.7. The fourth-order valence-corrected chi connectivity index (χ4v) is 7.09. The Balaban J connectivity index is 1.45. The van der Waals surface area contributed by atoms with Crippen LogP contribution in [0.1, 0.15) is 181 Å². The van der Waals surface area contributed by atoms with Crippen molar-refractivity contribution < 1.29 is 39.1 Å². The number of unbranched alkanes of at least 4 members (excludes halogenated alkanes) is 14. The number of hydrogen-bond acceptors (Lipinski definition) is 8. The van der Waals surface area contributed by atoms with Crippen molar-refractivity contribution in [3.8, 4) is 0 Å². The zero-order valence-corrected chi connectivity index (χ0v) is 30.2. The van der Waals surface area contributed by atoms with Gasteiger partial charge in [0.15, 0.2) is 0 Å². The van der Waals surface area contributed by atoms with Crippen molar-refractivity contribution in [1.82, 2.24) is 0 Å². The molecule has 0 aromatic rings. The summed E-state index contributed by atoms with van der Waals surface area (Å²) in [4.78, 5) is 23.4. The molecule has 0 aromatic heterocycles. The van der Waals surface area contributed by atoms with Crippen molar-refractivity contribution in [3.63, 3.8) is 0 Å². The molecule has 0 radical (unpaired) electrons. The Labute approximate surface area is 286 Å². The van der Waals surface area contributed by atoms with Crippen molar-refractivity contribution in [2.24, 2.45) is 0 Å². The van der Waals surface area contributed by atoms with E-state index < -0.39 is 12.2 Å². The van der Waals surface area contributed by atoms with Gasteiger partial charge in [-0.25, -0.2) is 4.79 Å². The number of hydrogen-bond donors (Lipinski definition) is 3. The summed E-state index contributed by atoms with van der Waals surface area (Å²) in [6, 6.07) is 0. The Kier molecular flexibility index (Phi) is 22.6. The minimum absolute atomic E-state index is 0.159. The first-order valence-corrected chi connectivity index (χ1v) is 19.5. The minimum Gasteiger partial charge on any atom is -0.462 e. The molecule has 0 amide bonds. The number of rotatable bonds is 29. The minimum atomic E-state index is -0.522. The molecule has 8 nitrogen and oxygen atoms in total. The highest BCUT2D eigenvalue weighted by Crippen LogP contribution is 2.29. The molecule has 2 heterocycles. The molecule has 0 spiro atoms. The lowest BCUT2D eigenvalue weighted by Gasteiger charge is -2.22. The van der Waals surface area contributed by atoms with Gasteiger partial charge in [0.1, 0.15) is 12.2 Å². The van der Waals surface area contributed by atoms with Crippen molar-refractivity contribution in [1.29, 1.82) is 0 Å². The lowest BCUT2D eigenvalue weighted by Crippen LogP contribution is -2.31. The summed E-state index contributed by atoms with van der Waals surface area (Å²) in [5.74, 6) is -0.679. The van der Waals surface area contributed by atoms with E-state index in [1.165, 1.54) is 77.6 Å². The summed E-state index contributed by atoms with van der Waals surface area (Å²) in [7, 11) is 0. The van der Waals surface area contributed by atoms with E-state index in [0.717, 1.165) is 64.2 Å². The van der Waals surface area contributed by atoms with Crippen LogP contribution in [-0.4, -0.2) is 70.0 Å². The van der Waals surface area contributed by atoms with Gasteiger partial charge in [0, 0.05) is 18.9 Å². The first kappa shape index (κ1) is 41.7. The van der Waals surface area contributed by atoms with E-state index in [1.807, 2.05) is 6.92 Å². The topological polar surface area (TPSA) is 123 Å². The zero-order chi connectivity index (χ0) is 34.3. The Morgan fingerprint density at radius 2 is 1.19 bits per heavy atom. The maximum Gasteiger partial charge on any atom is 0.334 e. The first-order valence-electron chi connectivity index (χ1n) is 19.5. The van der Waals surface area contributed by atoms with E-state index >= 15 is 0 Å². The van der Waals surface area contributed by atoms with Crippen LogP contribution in [0.5, 0.6) is 0 Å². The van der Waals surface area contributed by atoms with Gasteiger partial charge in [-0.05, 0) is 64.4 Å². The third-order valence-corrected chi connectivity index (χ3v) is 9.92. The molecule has 8 heteroatoms. The number of esters is 2. The van der Waals surface area contributed by atoms with E-state index in [0.29, 0.717) is 31.3 Å². The smallest absolute Gasteiger partial charge is 0.334 e. The fraction of sp³-hybridized carbons (Fsp3) is 0.897. The standard InChI is InChI=1S/C39H70O8/c1-4-5-6-7-8-9-10-11-12-13-14-18-24-35(42)37-26-27-38(47-37)36(43)25-20-19-22-33(41)21-16-15-17-23-34(46-31(3)40)29-32-28-30(2)45-39(32)44/h28,30,33-38,41-43H,4-27,29H2,1-3H3. The van der Waals surface area contributed by atoms with Gasteiger partial charge >= 0.3 is 11.9 Å². The second kappa shape index (κ2) is 25.5. The molecule has 0 aliphatic carbocycles. The van der Waals surface area contributed by atoms with E-state index in [-0.39, 0.29) is 42.5 Å². The van der Waals surface area contributed by atoms with E-state index in [2.05, 4.69) is 6.92 Å². The molecule has 47 heavy (non-hydrogen) atoms. The average molecular weight is 667 g/mol. The Hall–Kier alpha value is -1.48. The van der Waals surface area contributed by atoms with Gasteiger partial charge in [-0.15, -0.1) is 0 Å². The van der Waals surface area contributed by atoms with Gasteiger partial charge in [-0.3, -0.25) is 4.79 Å². The van der Waals surface area contributed by atoms with Crippen LogP contribution >= 0.6 is 0 Å². The van der Waals surface area contributed by atoms with E-state index in [4.69, 9.17) is 14.2 Å². The molecule has 1 fully saturated rings. The van der Waals surface area contributed by atoms with Crippen LogP contribution in [0.4, 0.5) is 0 Å². The van der Waals surface area contributed by atoms with Crippen LogP contribution in [0.2, 0.25) is 0 Å². The zero-order valence-electron chi connectivity index (χ0n) is 30.2. The molecule has 274 valence electrons. The molecule has 7 atom stereocenters. The number of carbonyl (C=O) groups is 2. The summed E-state index contributed by atoms with van der Waals surface area (Å²) in [6.45, 7) is 5.46. The third kappa shape index (κ3) is 19.3. The van der Waals surface area contributed by atoms with Gasteiger partial charge in [0.25, 0.3) is 0 Å². The fourth-order valence-electron chi connectivity index (χ4n) is 7.09. The highest BCUT2D eigenvalue weighted by molar-refractivity contribution is 5.90. The number of aliphatic hydroxyl groups is 3.